The Morgan fingerprint density at radius 1 is 0.969 bits per heavy atom. The van der Waals surface area contributed by atoms with Gasteiger partial charge in [-0.15, -0.1) is 0 Å². The maximum atomic E-state index is 12.5. The van der Waals surface area contributed by atoms with Crippen LogP contribution in [0, 0.1) is 0 Å². The number of nitrogens with zero attached hydrogens (tertiary/aromatic N) is 1. The normalized spacial score (nSPS) is 11.5. The van der Waals surface area contributed by atoms with Crippen molar-refractivity contribution in [1.82, 2.24) is 4.90 Å². The van der Waals surface area contributed by atoms with Crippen molar-refractivity contribution in [3.05, 3.63) is 83.9 Å². The molecule has 3 aromatic carbocycles. The highest BCUT2D eigenvalue weighted by Crippen LogP contribution is 2.37. The van der Waals surface area contributed by atoms with Crippen molar-refractivity contribution >= 4 is 15.7 Å². The summed E-state index contributed by atoms with van der Waals surface area (Å²) in [4.78, 5) is 1.96. The second-order valence-electron chi connectivity index (χ2n) is 7.38. The van der Waals surface area contributed by atoms with E-state index < -0.39 is 10.0 Å². The van der Waals surface area contributed by atoms with Gasteiger partial charge in [0.25, 0.3) is 0 Å². The quantitative estimate of drug-likeness (QED) is 0.408. The van der Waals surface area contributed by atoms with Crippen LogP contribution in [0.3, 0.4) is 0 Å². The topological polar surface area (TPSA) is 105 Å². The molecule has 0 saturated carbocycles. The van der Waals surface area contributed by atoms with Crippen molar-refractivity contribution in [2.75, 3.05) is 25.0 Å². The van der Waals surface area contributed by atoms with E-state index in [-0.39, 0.29) is 17.3 Å². The number of aliphatic hydroxyl groups excluding tert-OH is 1. The Bertz CT molecular complexity index is 1110. The van der Waals surface area contributed by atoms with Crippen LogP contribution in [0.25, 0.3) is 0 Å². The number of rotatable bonds is 11. The van der Waals surface area contributed by atoms with E-state index in [1.807, 2.05) is 66.4 Å². The molecule has 170 valence electrons. The molecule has 0 heterocycles. The summed E-state index contributed by atoms with van der Waals surface area (Å²) >= 11 is 0. The van der Waals surface area contributed by atoms with Crippen LogP contribution in [-0.2, 0) is 23.1 Å². The fourth-order valence-corrected chi connectivity index (χ4v) is 4.18. The Hall–Kier alpha value is -2.91. The fourth-order valence-electron chi connectivity index (χ4n) is 3.45. The lowest BCUT2D eigenvalue weighted by Crippen LogP contribution is -2.26. The molecule has 0 unspecified atom stereocenters. The Morgan fingerprint density at radius 2 is 1.59 bits per heavy atom. The van der Waals surface area contributed by atoms with Gasteiger partial charge in [-0.05, 0) is 42.3 Å². The molecule has 0 spiro atoms. The SMILES string of the molecule is CCNc1cc(CN(CCO)Cc2ccccc2)cc(S(N)(=O)=O)c1Oc1ccccc1. The standard InChI is InChI=1S/C24H29N3O4S/c1-2-26-22-15-20(18-27(13-14-28)17-19-9-5-3-6-10-19)16-23(32(25,29)30)24(22)31-21-11-7-4-8-12-21/h3-12,15-16,26,28H,2,13-14,17-18H2,1H3,(H2,25,29,30). The summed E-state index contributed by atoms with van der Waals surface area (Å²) in [6.45, 7) is 3.97. The predicted octanol–water partition coefficient (Wildman–Crippen LogP) is 3.55. The molecule has 0 fully saturated rings. The van der Waals surface area contributed by atoms with Crippen molar-refractivity contribution in [2.45, 2.75) is 24.9 Å². The average Bonchev–Trinajstić information content (AvgIpc) is 2.76. The van der Waals surface area contributed by atoms with Gasteiger partial charge in [0.15, 0.2) is 5.75 Å². The van der Waals surface area contributed by atoms with Crippen LogP contribution >= 0.6 is 0 Å². The number of benzene rings is 3. The van der Waals surface area contributed by atoms with E-state index in [4.69, 9.17) is 9.88 Å². The molecule has 32 heavy (non-hydrogen) atoms. The number of anilines is 1. The van der Waals surface area contributed by atoms with Crippen LogP contribution in [-0.4, -0.2) is 38.1 Å². The molecule has 0 saturated heterocycles. The highest BCUT2D eigenvalue weighted by Gasteiger charge is 2.22. The van der Waals surface area contributed by atoms with Crippen LogP contribution in [0.15, 0.2) is 77.7 Å². The first-order chi connectivity index (χ1) is 15.4. The Labute approximate surface area is 189 Å². The molecule has 0 aliphatic heterocycles. The van der Waals surface area contributed by atoms with Crippen molar-refractivity contribution in [3.8, 4) is 11.5 Å². The van der Waals surface area contributed by atoms with Crippen molar-refractivity contribution in [1.29, 1.82) is 0 Å². The number of sulfonamides is 1. The van der Waals surface area contributed by atoms with Gasteiger partial charge in [-0.2, -0.15) is 0 Å². The number of ether oxygens (including phenoxy) is 1. The number of hydrogen-bond acceptors (Lipinski definition) is 6. The van der Waals surface area contributed by atoms with Gasteiger partial charge >= 0.3 is 0 Å². The van der Waals surface area contributed by atoms with Crippen LogP contribution in [0.1, 0.15) is 18.1 Å². The molecule has 0 bridgehead atoms. The molecule has 4 N–H and O–H groups in total. The van der Waals surface area contributed by atoms with Gasteiger partial charge in [-0.3, -0.25) is 4.90 Å². The zero-order valence-corrected chi connectivity index (χ0v) is 18.9. The van der Waals surface area contributed by atoms with Crippen LogP contribution < -0.4 is 15.2 Å². The molecule has 7 nitrogen and oxygen atoms in total. The third-order valence-corrected chi connectivity index (χ3v) is 5.74. The number of primary sulfonamides is 1. The van der Waals surface area contributed by atoms with E-state index in [0.717, 1.165) is 11.1 Å². The summed E-state index contributed by atoms with van der Waals surface area (Å²) in [6.07, 6.45) is 0. The predicted molar refractivity (Wildman–Crippen MR) is 126 cm³/mol. The number of aliphatic hydroxyl groups is 1. The van der Waals surface area contributed by atoms with Crippen LogP contribution in [0.5, 0.6) is 11.5 Å². The summed E-state index contributed by atoms with van der Waals surface area (Å²) in [5.41, 5.74) is 2.39. The summed E-state index contributed by atoms with van der Waals surface area (Å²) in [6, 6.07) is 22.3. The molecule has 3 aromatic rings. The molecule has 0 radical (unpaired) electrons. The van der Waals surface area contributed by atoms with Gasteiger partial charge in [-0.1, -0.05) is 48.5 Å². The van der Waals surface area contributed by atoms with Gasteiger partial charge in [0.05, 0.1) is 12.3 Å². The largest absolute Gasteiger partial charge is 0.454 e. The minimum absolute atomic E-state index is 0.00977. The van der Waals surface area contributed by atoms with Crippen molar-refractivity contribution in [2.24, 2.45) is 5.14 Å². The second-order valence-corrected chi connectivity index (χ2v) is 8.91. The van der Waals surface area contributed by atoms with E-state index in [1.54, 1.807) is 18.2 Å². The summed E-state index contributed by atoms with van der Waals surface area (Å²) in [5, 5.41) is 18.3. The maximum Gasteiger partial charge on any atom is 0.241 e. The average molecular weight is 456 g/mol. The first-order valence-corrected chi connectivity index (χ1v) is 12.0. The highest BCUT2D eigenvalue weighted by molar-refractivity contribution is 7.89. The molecule has 8 heteroatoms. The first kappa shape index (κ1) is 23.7. The third-order valence-electron chi connectivity index (χ3n) is 4.82. The van der Waals surface area contributed by atoms with Crippen molar-refractivity contribution < 1.29 is 18.3 Å². The first-order valence-electron chi connectivity index (χ1n) is 10.4. The fraction of sp³-hybridized carbons (Fsp3) is 0.250. The molecular weight excluding hydrogens is 426 g/mol. The minimum atomic E-state index is -4.06. The summed E-state index contributed by atoms with van der Waals surface area (Å²) in [5.74, 6) is 0.677. The molecule has 0 atom stereocenters. The summed E-state index contributed by atoms with van der Waals surface area (Å²) in [7, 11) is -4.06. The van der Waals surface area contributed by atoms with Crippen molar-refractivity contribution in [3.63, 3.8) is 0 Å². The third kappa shape index (κ3) is 6.54. The number of para-hydroxylation sites is 1. The van der Waals surface area contributed by atoms with Gasteiger partial charge in [0.1, 0.15) is 10.6 Å². The lowest BCUT2D eigenvalue weighted by Gasteiger charge is -2.23. The lowest BCUT2D eigenvalue weighted by atomic mass is 10.1. The molecule has 0 aliphatic carbocycles. The van der Waals surface area contributed by atoms with Gasteiger partial charge < -0.3 is 15.2 Å². The number of nitrogens with one attached hydrogen (secondary N) is 1. The molecule has 0 aromatic heterocycles. The van der Waals surface area contributed by atoms with Crippen LogP contribution in [0.2, 0.25) is 0 Å². The zero-order valence-electron chi connectivity index (χ0n) is 18.1. The maximum absolute atomic E-state index is 12.5. The van der Waals surface area contributed by atoms with E-state index >= 15 is 0 Å². The van der Waals surface area contributed by atoms with E-state index in [1.165, 1.54) is 0 Å². The molecule has 3 rings (SSSR count). The molecule has 0 amide bonds. The Morgan fingerprint density at radius 3 is 2.19 bits per heavy atom. The number of nitrogens with two attached hydrogens (primary N) is 1. The smallest absolute Gasteiger partial charge is 0.241 e. The monoisotopic (exact) mass is 455 g/mol. The van der Waals surface area contributed by atoms with Crippen LogP contribution in [0.4, 0.5) is 5.69 Å². The van der Waals surface area contributed by atoms with Gasteiger partial charge in [0, 0.05) is 26.2 Å². The van der Waals surface area contributed by atoms with Gasteiger partial charge in [0.2, 0.25) is 10.0 Å². The van der Waals surface area contributed by atoms with E-state index in [9.17, 15) is 13.5 Å². The zero-order chi connectivity index (χ0) is 23.0. The number of hydrogen-bond donors (Lipinski definition) is 3. The second kappa shape index (κ2) is 11.1. The van der Waals surface area contributed by atoms with E-state index in [2.05, 4.69) is 5.32 Å². The summed E-state index contributed by atoms with van der Waals surface area (Å²) < 4.78 is 30.9. The Balaban J connectivity index is 1.99. The molecular formula is C24H29N3O4S. The minimum Gasteiger partial charge on any atom is -0.454 e. The van der Waals surface area contributed by atoms with Gasteiger partial charge in [-0.25, -0.2) is 13.6 Å². The lowest BCUT2D eigenvalue weighted by molar-refractivity contribution is 0.184. The Kier molecular flexibility index (Phi) is 8.24. The van der Waals surface area contributed by atoms with E-state index in [0.29, 0.717) is 37.6 Å². The highest BCUT2D eigenvalue weighted by atomic mass is 32.2. The molecule has 0 aliphatic rings.